The molecule has 2 aromatic rings. The predicted molar refractivity (Wildman–Crippen MR) is 113 cm³/mol. The van der Waals surface area contributed by atoms with E-state index in [1.165, 1.54) is 11.3 Å². The average molecular weight is 471 g/mol. The van der Waals surface area contributed by atoms with E-state index in [0.29, 0.717) is 19.8 Å². The highest BCUT2D eigenvalue weighted by atomic mass is 19.4. The monoisotopic (exact) mass is 471 g/mol. The molecule has 2 amide bonds. The van der Waals surface area contributed by atoms with Crippen LogP contribution in [-0.2, 0) is 22.7 Å². The quantitative estimate of drug-likeness (QED) is 0.602. The Kier molecular flexibility index (Phi) is 9.67. The van der Waals surface area contributed by atoms with Gasteiger partial charge in [0, 0.05) is 46.5 Å². The fraction of sp³-hybridized carbons (Fsp3) is 0.476. The number of alkyl halides is 3. The van der Waals surface area contributed by atoms with Gasteiger partial charge in [-0.2, -0.15) is 18.3 Å². The van der Waals surface area contributed by atoms with Crippen LogP contribution in [0.4, 0.5) is 18.0 Å². The summed E-state index contributed by atoms with van der Waals surface area (Å²) in [7, 11) is 3.48. The fourth-order valence-corrected chi connectivity index (χ4v) is 3.11. The molecule has 1 aromatic heterocycles. The number of aliphatic carboxylic acids is 1. The van der Waals surface area contributed by atoms with Crippen molar-refractivity contribution in [2.45, 2.75) is 25.4 Å². The zero-order valence-electron chi connectivity index (χ0n) is 18.5. The van der Waals surface area contributed by atoms with Crippen LogP contribution in [0.5, 0.6) is 0 Å². The van der Waals surface area contributed by atoms with Gasteiger partial charge in [0.05, 0.1) is 24.9 Å². The first kappa shape index (κ1) is 26.1. The fourth-order valence-electron chi connectivity index (χ4n) is 3.11. The lowest BCUT2D eigenvalue weighted by Crippen LogP contribution is -2.45. The van der Waals surface area contributed by atoms with E-state index in [9.17, 15) is 18.0 Å². The number of amides is 2. The number of carbonyl (C=O) groups is 2. The van der Waals surface area contributed by atoms with Crippen LogP contribution in [0.25, 0.3) is 0 Å². The molecule has 182 valence electrons. The third kappa shape index (κ3) is 8.73. The maximum atomic E-state index is 11.8. The van der Waals surface area contributed by atoms with Crippen LogP contribution >= 0.6 is 0 Å². The lowest BCUT2D eigenvalue weighted by atomic mass is 10.2. The van der Waals surface area contributed by atoms with E-state index in [0.717, 1.165) is 19.6 Å². The van der Waals surface area contributed by atoms with Gasteiger partial charge < -0.3 is 20.1 Å². The van der Waals surface area contributed by atoms with Gasteiger partial charge in [0.2, 0.25) is 0 Å². The number of halogens is 3. The minimum Gasteiger partial charge on any atom is -0.475 e. The molecular weight excluding hydrogens is 443 g/mol. The summed E-state index contributed by atoms with van der Waals surface area (Å²) in [6.07, 6.45) is -3.26. The van der Waals surface area contributed by atoms with Crippen LogP contribution in [0.1, 0.15) is 17.3 Å². The first-order chi connectivity index (χ1) is 15.6. The van der Waals surface area contributed by atoms with E-state index in [4.69, 9.17) is 14.6 Å². The van der Waals surface area contributed by atoms with Gasteiger partial charge in [-0.05, 0) is 11.6 Å². The third-order valence-corrected chi connectivity index (χ3v) is 4.75. The standard InChI is InChI=1S/C19H27N5O2.C2HF3O2/c1-22(2)19(25)20-12-18-14-23(13-17-8-9-21-24(17)18)10-11-26-15-16-6-4-3-5-7-16;3-2(4,5)1(6)7/h3-9,18H,10-15H2,1-2H3,(H,20,25);(H,6,7). The Hall–Kier alpha value is -3.12. The maximum absolute atomic E-state index is 11.8. The summed E-state index contributed by atoms with van der Waals surface area (Å²) in [6, 6.07) is 12.3. The second-order valence-corrected chi connectivity index (χ2v) is 7.58. The largest absolute Gasteiger partial charge is 0.490 e. The molecular formula is C21H28F3N5O4. The number of carboxylic acid groups (broad SMARTS) is 1. The summed E-state index contributed by atoms with van der Waals surface area (Å²) >= 11 is 0. The third-order valence-electron chi connectivity index (χ3n) is 4.75. The van der Waals surface area contributed by atoms with Gasteiger partial charge in [0.15, 0.2) is 0 Å². The van der Waals surface area contributed by atoms with Crippen LogP contribution in [0.3, 0.4) is 0 Å². The van der Waals surface area contributed by atoms with Crippen LogP contribution in [0.2, 0.25) is 0 Å². The van der Waals surface area contributed by atoms with E-state index in [-0.39, 0.29) is 12.1 Å². The van der Waals surface area contributed by atoms with Crippen molar-refractivity contribution >= 4 is 12.0 Å². The van der Waals surface area contributed by atoms with Crippen molar-refractivity contribution in [3.8, 4) is 0 Å². The molecule has 0 saturated heterocycles. The summed E-state index contributed by atoms with van der Waals surface area (Å²) in [5.41, 5.74) is 2.36. The average Bonchev–Trinajstić information content (AvgIpc) is 3.24. The lowest BCUT2D eigenvalue weighted by Gasteiger charge is -2.34. The number of hydrogen-bond acceptors (Lipinski definition) is 5. The number of carboxylic acids is 1. The zero-order valence-corrected chi connectivity index (χ0v) is 18.5. The highest BCUT2D eigenvalue weighted by Gasteiger charge is 2.38. The second kappa shape index (κ2) is 12.2. The normalized spacial score (nSPS) is 15.7. The van der Waals surface area contributed by atoms with Crippen LogP contribution < -0.4 is 5.32 Å². The van der Waals surface area contributed by atoms with Crippen LogP contribution in [-0.4, -0.2) is 83.2 Å². The van der Waals surface area contributed by atoms with Gasteiger partial charge in [0.25, 0.3) is 0 Å². The molecule has 0 radical (unpaired) electrons. The van der Waals surface area contributed by atoms with Crippen LogP contribution in [0.15, 0.2) is 42.6 Å². The molecule has 1 aliphatic heterocycles. The lowest BCUT2D eigenvalue weighted by molar-refractivity contribution is -0.192. The Labute approximate surface area is 189 Å². The van der Waals surface area contributed by atoms with Crippen molar-refractivity contribution in [2.24, 2.45) is 0 Å². The van der Waals surface area contributed by atoms with E-state index < -0.39 is 12.1 Å². The van der Waals surface area contributed by atoms with E-state index in [2.05, 4.69) is 27.4 Å². The molecule has 0 spiro atoms. The Morgan fingerprint density at radius 2 is 1.91 bits per heavy atom. The van der Waals surface area contributed by atoms with Crippen molar-refractivity contribution in [1.82, 2.24) is 24.9 Å². The Morgan fingerprint density at radius 1 is 1.24 bits per heavy atom. The summed E-state index contributed by atoms with van der Waals surface area (Å²) in [4.78, 5) is 24.6. The SMILES string of the molecule is CN(C)C(=O)NCC1CN(CCOCc2ccccc2)Cc2ccnn21.O=C(O)C(F)(F)F. The molecule has 1 aliphatic rings. The molecule has 0 bridgehead atoms. The number of benzene rings is 1. The predicted octanol–water partition coefficient (Wildman–Crippen LogP) is 2.36. The summed E-state index contributed by atoms with van der Waals surface area (Å²) in [5, 5.41) is 14.5. The van der Waals surface area contributed by atoms with Gasteiger partial charge in [-0.1, -0.05) is 30.3 Å². The van der Waals surface area contributed by atoms with Gasteiger partial charge in [-0.15, -0.1) is 0 Å². The Morgan fingerprint density at radius 3 is 2.52 bits per heavy atom. The number of hydrogen-bond donors (Lipinski definition) is 2. The van der Waals surface area contributed by atoms with Gasteiger partial charge >= 0.3 is 18.2 Å². The molecule has 2 heterocycles. The number of carbonyl (C=O) groups excluding carboxylic acids is 1. The van der Waals surface area contributed by atoms with E-state index >= 15 is 0 Å². The molecule has 9 nitrogen and oxygen atoms in total. The minimum absolute atomic E-state index is 0.0815. The molecule has 1 atom stereocenters. The van der Waals surface area contributed by atoms with Gasteiger partial charge in [-0.25, -0.2) is 9.59 Å². The molecule has 0 fully saturated rings. The first-order valence-corrected chi connectivity index (χ1v) is 10.2. The van der Waals surface area contributed by atoms with Crippen molar-refractivity contribution in [3.05, 3.63) is 53.9 Å². The number of urea groups is 1. The van der Waals surface area contributed by atoms with E-state index in [1.54, 1.807) is 19.0 Å². The molecule has 12 heteroatoms. The van der Waals surface area contributed by atoms with Crippen molar-refractivity contribution < 1.29 is 32.6 Å². The van der Waals surface area contributed by atoms with Crippen molar-refractivity contribution in [3.63, 3.8) is 0 Å². The molecule has 3 rings (SSSR count). The Bertz CT molecular complexity index is 890. The summed E-state index contributed by atoms with van der Waals surface area (Å²) < 4.78 is 39.6. The topological polar surface area (TPSA) is 99.9 Å². The summed E-state index contributed by atoms with van der Waals surface area (Å²) in [6.45, 7) is 4.43. The highest BCUT2D eigenvalue weighted by molar-refractivity contribution is 5.73. The van der Waals surface area contributed by atoms with Gasteiger partial charge in [-0.3, -0.25) is 9.58 Å². The molecule has 0 aliphatic carbocycles. The Balaban J connectivity index is 0.000000479. The molecule has 33 heavy (non-hydrogen) atoms. The number of nitrogens with zero attached hydrogens (tertiary/aromatic N) is 4. The number of rotatable bonds is 7. The minimum atomic E-state index is -5.08. The van der Waals surface area contributed by atoms with Crippen LogP contribution in [0, 0.1) is 0 Å². The number of fused-ring (bicyclic) bond motifs is 1. The zero-order chi connectivity index (χ0) is 24.4. The first-order valence-electron chi connectivity index (χ1n) is 10.2. The number of aromatic nitrogens is 2. The molecule has 0 saturated carbocycles. The van der Waals surface area contributed by atoms with Crippen molar-refractivity contribution in [1.29, 1.82) is 0 Å². The van der Waals surface area contributed by atoms with E-state index in [1.807, 2.05) is 35.1 Å². The second-order valence-electron chi connectivity index (χ2n) is 7.58. The summed E-state index contributed by atoms with van der Waals surface area (Å²) in [5.74, 6) is -2.76. The molecule has 1 aromatic carbocycles. The number of ether oxygens (including phenoxy) is 1. The molecule has 2 N–H and O–H groups in total. The molecule has 1 unspecified atom stereocenters. The smallest absolute Gasteiger partial charge is 0.475 e. The van der Waals surface area contributed by atoms with Crippen molar-refractivity contribution in [2.75, 3.05) is 40.3 Å². The number of nitrogens with one attached hydrogen (secondary N) is 1. The van der Waals surface area contributed by atoms with Gasteiger partial charge in [0.1, 0.15) is 0 Å². The highest BCUT2D eigenvalue weighted by Crippen LogP contribution is 2.19. The maximum Gasteiger partial charge on any atom is 0.490 e.